The average molecular weight is 364 g/mol. The van der Waals surface area contributed by atoms with Crippen molar-refractivity contribution in [3.8, 4) is 0 Å². The van der Waals surface area contributed by atoms with Crippen molar-refractivity contribution in [2.24, 2.45) is 5.41 Å². The van der Waals surface area contributed by atoms with Crippen LogP contribution in [0.25, 0.3) is 10.8 Å². The van der Waals surface area contributed by atoms with Gasteiger partial charge in [0.25, 0.3) is 15.8 Å². The van der Waals surface area contributed by atoms with Crippen LogP contribution in [0, 0.1) is 5.41 Å². The van der Waals surface area contributed by atoms with Crippen molar-refractivity contribution < 1.29 is 8.42 Å². The van der Waals surface area contributed by atoms with Gasteiger partial charge in [0.05, 0.1) is 18.1 Å². The van der Waals surface area contributed by atoms with Crippen LogP contribution in [-0.2, 0) is 16.8 Å². The Bertz CT molecular complexity index is 911. The Morgan fingerprint density at radius 1 is 1.20 bits per heavy atom. The van der Waals surface area contributed by atoms with Crippen LogP contribution in [0.1, 0.15) is 26.7 Å². The summed E-state index contributed by atoms with van der Waals surface area (Å²) in [6.07, 6.45) is 3.32. The lowest BCUT2D eigenvalue weighted by molar-refractivity contribution is 0.194. The fourth-order valence-corrected chi connectivity index (χ4v) is 4.19. The monoisotopic (exact) mass is 364 g/mol. The van der Waals surface area contributed by atoms with Crippen LogP contribution in [0.3, 0.4) is 0 Å². The van der Waals surface area contributed by atoms with Gasteiger partial charge in [0.1, 0.15) is 0 Å². The summed E-state index contributed by atoms with van der Waals surface area (Å²) in [5.41, 5.74) is -0.0223. The van der Waals surface area contributed by atoms with Gasteiger partial charge in [0.2, 0.25) is 0 Å². The van der Waals surface area contributed by atoms with Gasteiger partial charge in [0.15, 0.2) is 0 Å². The molecule has 0 bridgehead atoms. The van der Waals surface area contributed by atoms with E-state index in [1.165, 1.54) is 8.99 Å². The highest BCUT2D eigenvalue weighted by atomic mass is 32.2. The van der Waals surface area contributed by atoms with Crippen molar-refractivity contribution in [1.82, 2.24) is 18.8 Å². The molecule has 1 aromatic heterocycles. The molecule has 1 fully saturated rings. The van der Waals surface area contributed by atoms with Gasteiger partial charge < -0.3 is 0 Å². The molecule has 7 nitrogen and oxygen atoms in total. The van der Waals surface area contributed by atoms with E-state index in [2.05, 4.69) is 23.7 Å². The molecule has 0 aliphatic carbocycles. The summed E-state index contributed by atoms with van der Waals surface area (Å²) in [6, 6.07) is 7.22. The van der Waals surface area contributed by atoms with Gasteiger partial charge in [-0.05, 0) is 24.3 Å². The van der Waals surface area contributed by atoms with Gasteiger partial charge >= 0.3 is 0 Å². The first-order valence-electron chi connectivity index (χ1n) is 8.48. The highest BCUT2D eigenvalue weighted by Gasteiger charge is 2.31. The second kappa shape index (κ2) is 6.86. The van der Waals surface area contributed by atoms with E-state index in [1.54, 1.807) is 18.3 Å². The Morgan fingerprint density at radius 2 is 1.88 bits per heavy atom. The molecular weight excluding hydrogens is 340 g/mol. The lowest BCUT2D eigenvalue weighted by Crippen LogP contribution is -2.47. The maximum Gasteiger partial charge on any atom is 0.279 e. The van der Waals surface area contributed by atoms with E-state index in [0.717, 1.165) is 18.2 Å². The second-order valence-electron chi connectivity index (χ2n) is 7.22. The zero-order valence-electron chi connectivity index (χ0n) is 14.6. The Balaban J connectivity index is 1.63. The molecule has 2 aromatic rings. The van der Waals surface area contributed by atoms with Gasteiger partial charge in [-0.1, -0.05) is 32.0 Å². The maximum atomic E-state index is 12.4. The molecule has 25 heavy (non-hydrogen) atoms. The molecule has 1 aliphatic rings. The molecule has 1 saturated heterocycles. The van der Waals surface area contributed by atoms with Crippen LogP contribution in [-0.4, -0.2) is 42.1 Å². The van der Waals surface area contributed by atoms with Crippen LogP contribution in [0.4, 0.5) is 0 Å². The quantitative estimate of drug-likeness (QED) is 0.868. The van der Waals surface area contributed by atoms with E-state index in [4.69, 9.17) is 0 Å². The molecule has 0 saturated carbocycles. The van der Waals surface area contributed by atoms with E-state index in [0.29, 0.717) is 18.5 Å². The predicted molar refractivity (Wildman–Crippen MR) is 97.5 cm³/mol. The Labute approximate surface area is 147 Å². The molecule has 0 spiro atoms. The van der Waals surface area contributed by atoms with E-state index < -0.39 is 10.2 Å². The lowest BCUT2D eigenvalue weighted by Gasteiger charge is -2.35. The van der Waals surface area contributed by atoms with Crippen LogP contribution in [0.5, 0.6) is 0 Å². The first-order valence-corrected chi connectivity index (χ1v) is 9.92. The minimum Gasteiger partial charge on any atom is -0.267 e. The van der Waals surface area contributed by atoms with Gasteiger partial charge in [-0.2, -0.15) is 17.8 Å². The molecule has 0 atom stereocenters. The Morgan fingerprint density at radius 3 is 2.60 bits per heavy atom. The number of aromatic nitrogens is 2. The topological polar surface area (TPSA) is 84.3 Å². The van der Waals surface area contributed by atoms with E-state index >= 15 is 0 Å². The number of rotatable bonds is 5. The summed E-state index contributed by atoms with van der Waals surface area (Å²) in [5.74, 6) is 0. The summed E-state index contributed by atoms with van der Waals surface area (Å²) >= 11 is 0. The first kappa shape index (κ1) is 18.0. The molecule has 3 rings (SSSR count). The van der Waals surface area contributed by atoms with Gasteiger partial charge in [-0.3, -0.25) is 4.79 Å². The van der Waals surface area contributed by atoms with Crippen LogP contribution >= 0.6 is 0 Å². The third-order valence-corrected chi connectivity index (χ3v) is 6.40. The minimum absolute atomic E-state index is 0.132. The summed E-state index contributed by atoms with van der Waals surface area (Å²) in [7, 11) is -3.52. The average Bonchev–Trinajstić information content (AvgIpc) is 2.57. The van der Waals surface area contributed by atoms with Crippen molar-refractivity contribution in [2.45, 2.75) is 33.2 Å². The van der Waals surface area contributed by atoms with Crippen molar-refractivity contribution in [1.29, 1.82) is 0 Å². The largest absolute Gasteiger partial charge is 0.279 e. The van der Waals surface area contributed by atoms with Crippen LogP contribution in [0.15, 0.2) is 35.3 Å². The van der Waals surface area contributed by atoms with Gasteiger partial charge in [-0.15, -0.1) is 0 Å². The van der Waals surface area contributed by atoms with Crippen molar-refractivity contribution in [3.05, 3.63) is 40.8 Å². The highest BCUT2D eigenvalue weighted by Crippen LogP contribution is 2.30. The first-order chi connectivity index (χ1) is 11.8. The SMILES string of the molecule is CC1(C)CCN(S(=O)(=O)NCCn2ncc3ccccc3c2=O)CC1. The van der Waals surface area contributed by atoms with Crippen LogP contribution < -0.4 is 10.3 Å². The smallest absolute Gasteiger partial charge is 0.267 e. The zero-order valence-corrected chi connectivity index (χ0v) is 15.4. The van der Waals surface area contributed by atoms with E-state index in [1.807, 2.05) is 12.1 Å². The molecular formula is C17H24N4O3S. The van der Waals surface area contributed by atoms with Crippen molar-refractivity contribution >= 4 is 21.0 Å². The molecule has 1 aliphatic heterocycles. The molecule has 8 heteroatoms. The maximum absolute atomic E-state index is 12.4. The molecule has 0 radical (unpaired) electrons. The van der Waals surface area contributed by atoms with Crippen LogP contribution in [0.2, 0.25) is 0 Å². The summed E-state index contributed by atoms with van der Waals surface area (Å²) in [5, 5.41) is 5.47. The molecule has 1 aromatic carbocycles. The third kappa shape index (κ3) is 4.08. The number of hydrogen-bond acceptors (Lipinski definition) is 4. The van der Waals surface area contributed by atoms with Gasteiger partial charge in [-0.25, -0.2) is 9.40 Å². The van der Waals surface area contributed by atoms with Gasteiger partial charge in [0, 0.05) is 25.0 Å². The fourth-order valence-electron chi connectivity index (χ4n) is 2.99. The predicted octanol–water partition coefficient (Wildman–Crippen LogP) is 1.35. The zero-order chi connectivity index (χ0) is 18.1. The van der Waals surface area contributed by atoms with Crippen molar-refractivity contribution in [2.75, 3.05) is 19.6 Å². The number of fused-ring (bicyclic) bond motifs is 1. The Kier molecular flexibility index (Phi) is 4.95. The van der Waals surface area contributed by atoms with E-state index in [-0.39, 0.29) is 24.1 Å². The number of nitrogens with zero attached hydrogens (tertiary/aromatic N) is 3. The minimum atomic E-state index is -3.52. The molecule has 0 amide bonds. The molecule has 1 N–H and O–H groups in total. The normalized spacial score (nSPS) is 18.5. The summed E-state index contributed by atoms with van der Waals surface area (Å²) in [6.45, 7) is 5.69. The lowest BCUT2D eigenvalue weighted by atomic mass is 9.83. The summed E-state index contributed by atoms with van der Waals surface area (Å²) in [4.78, 5) is 12.4. The second-order valence-corrected chi connectivity index (χ2v) is 8.98. The molecule has 2 heterocycles. The summed E-state index contributed by atoms with van der Waals surface area (Å²) < 4.78 is 30.1. The fraction of sp³-hybridized carbons (Fsp3) is 0.529. The number of piperidine rings is 1. The third-order valence-electron chi connectivity index (χ3n) is 4.79. The number of benzene rings is 1. The standard InChI is InChI=1S/C17H24N4O3S/c1-17(2)7-10-20(11-8-17)25(23,24)19-9-12-21-16(22)15-6-4-3-5-14(15)13-18-21/h3-6,13,19H,7-12H2,1-2H3. The highest BCUT2D eigenvalue weighted by molar-refractivity contribution is 7.87. The molecule has 0 unspecified atom stereocenters. The number of nitrogens with one attached hydrogen (secondary N) is 1. The number of hydrogen-bond donors (Lipinski definition) is 1. The van der Waals surface area contributed by atoms with Crippen molar-refractivity contribution in [3.63, 3.8) is 0 Å². The van der Waals surface area contributed by atoms with E-state index in [9.17, 15) is 13.2 Å². The Hall–Kier alpha value is -1.77. The molecule has 136 valence electrons.